The number of aliphatic hydroxyl groups excluding tert-OH is 1. The molecule has 7 heteroatoms. The maximum Gasteiger partial charge on any atom is 0.290 e. The molecule has 3 aromatic rings. The number of aromatic hydroxyl groups is 1. The summed E-state index contributed by atoms with van der Waals surface area (Å²) in [5, 5.41) is 20.5. The van der Waals surface area contributed by atoms with E-state index in [1.165, 1.54) is 23.1 Å². The second-order valence-corrected chi connectivity index (χ2v) is 8.30. The molecule has 0 saturated heterocycles. The highest BCUT2D eigenvalue weighted by Gasteiger charge is 2.42. The smallest absolute Gasteiger partial charge is 0.290 e. The van der Waals surface area contributed by atoms with Gasteiger partial charge in [-0.2, -0.15) is 0 Å². The van der Waals surface area contributed by atoms with Crippen LogP contribution < -0.4 is 9.47 Å². The third-order valence-corrected chi connectivity index (χ3v) is 6.09. The van der Waals surface area contributed by atoms with E-state index in [0.717, 1.165) is 11.1 Å². The number of amides is 1. The highest BCUT2D eigenvalue weighted by Crippen LogP contribution is 2.39. The zero-order valence-corrected chi connectivity index (χ0v) is 20.0. The normalized spacial score (nSPS) is 15.6. The van der Waals surface area contributed by atoms with E-state index in [2.05, 4.69) is 0 Å². The quantitative estimate of drug-likeness (QED) is 0.429. The van der Waals surface area contributed by atoms with Crippen molar-refractivity contribution in [1.82, 2.24) is 4.90 Å². The van der Waals surface area contributed by atoms with E-state index >= 15 is 0 Å². The van der Waals surface area contributed by atoms with Crippen LogP contribution in [-0.4, -0.2) is 47.6 Å². The minimum atomic E-state index is -0.800. The van der Waals surface area contributed by atoms with Crippen LogP contribution in [0.15, 0.2) is 90.2 Å². The Morgan fingerprint density at radius 1 is 0.944 bits per heavy atom. The maximum atomic E-state index is 13.2. The fourth-order valence-corrected chi connectivity index (χ4v) is 4.25. The summed E-state index contributed by atoms with van der Waals surface area (Å²) in [4.78, 5) is 27.8. The largest absolute Gasteiger partial charge is 0.508 e. The Kier molecular flexibility index (Phi) is 7.39. The summed E-state index contributed by atoms with van der Waals surface area (Å²) in [6.07, 6.45) is 3.46. The zero-order valence-electron chi connectivity index (χ0n) is 20.0. The first-order chi connectivity index (χ1) is 17.4. The molecule has 184 valence electrons. The van der Waals surface area contributed by atoms with Gasteiger partial charge >= 0.3 is 0 Å². The number of phenols is 1. The van der Waals surface area contributed by atoms with E-state index in [-0.39, 0.29) is 17.9 Å². The molecular formula is C29H27NO6. The van der Waals surface area contributed by atoms with Crippen molar-refractivity contribution in [2.75, 3.05) is 20.8 Å². The molecule has 1 aliphatic heterocycles. The van der Waals surface area contributed by atoms with Crippen LogP contribution in [0, 0.1) is 0 Å². The number of phenolic OH excluding ortho intramolecular Hbond substituents is 1. The number of aliphatic hydroxyl groups is 1. The molecule has 0 radical (unpaired) electrons. The third-order valence-electron chi connectivity index (χ3n) is 6.09. The number of benzene rings is 3. The average molecular weight is 486 g/mol. The van der Waals surface area contributed by atoms with Crippen LogP contribution in [0.2, 0.25) is 0 Å². The molecule has 0 saturated carbocycles. The minimum absolute atomic E-state index is 0.00480. The highest BCUT2D eigenvalue weighted by atomic mass is 16.5. The predicted octanol–water partition coefficient (Wildman–Crippen LogP) is 4.63. The molecule has 0 bridgehead atoms. The van der Waals surface area contributed by atoms with Crippen LogP contribution >= 0.6 is 0 Å². The van der Waals surface area contributed by atoms with E-state index in [4.69, 9.17) is 9.47 Å². The van der Waals surface area contributed by atoms with Gasteiger partial charge in [0, 0.05) is 6.54 Å². The van der Waals surface area contributed by atoms with Crippen molar-refractivity contribution in [1.29, 1.82) is 0 Å². The van der Waals surface area contributed by atoms with E-state index in [0.29, 0.717) is 23.5 Å². The molecule has 0 aliphatic carbocycles. The van der Waals surface area contributed by atoms with Gasteiger partial charge in [-0.05, 0) is 53.5 Å². The Bertz CT molecular complexity index is 1310. The molecular weight excluding hydrogens is 458 g/mol. The summed E-state index contributed by atoms with van der Waals surface area (Å²) in [7, 11) is 3.11. The second-order valence-electron chi connectivity index (χ2n) is 8.30. The van der Waals surface area contributed by atoms with Crippen molar-refractivity contribution in [3.63, 3.8) is 0 Å². The van der Waals surface area contributed by atoms with Crippen molar-refractivity contribution in [2.45, 2.75) is 12.5 Å². The molecule has 1 unspecified atom stereocenters. The highest BCUT2D eigenvalue weighted by molar-refractivity contribution is 6.14. The number of hydrogen-bond acceptors (Lipinski definition) is 6. The van der Waals surface area contributed by atoms with Gasteiger partial charge < -0.3 is 24.6 Å². The number of carbonyl (C=O) groups excluding carboxylic acids is 2. The molecule has 3 aromatic carbocycles. The third kappa shape index (κ3) is 5.10. The van der Waals surface area contributed by atoms with Crippen LogP contribution in [-0.2, 0) is 16.0 Å². The topological polar surface area (TPSA) is 96.3 Å². The van der Waals surface area contributed by atoms with Crippen molar-refractivity contribution in [3.8, 4) is 17.2 Å². The molecule has 1 atom stereocenters. The van der Waals surface area contributed by atoms with Gasteiger partial charge in [-0.3, -0.25) is 9.59 Å². The number of carbonyl (C=O) groups is 2. The number of methoxy groups -OCH3 is 2. The van der Waals surface area contributed by atoms with Crippen molar-refractivity contribution >= 4 is 17.8 Å². The summed E-state index contributed by atoms with van der Waals surface area (Å²) in [6.45, 7) is 0.239. The van der Waals surface area contributed by atoms with Gasteiger partial charge in [0.25, 0.3) is 5.91 Å². The van der Waals surface area contributed by atoms with Crippen LogP contribution in [0.5, 0.6) is 17.2 Å². The molecule has 1 heterocycles. The van der Waals surface area contributed by atoms with Crippen LogP contribution in [0.25, 0.3) is 6.08 Å². The first-order valence-electron chi connectivity index (χ1n) is 11.4. The van der Waals surface area contributed by atoms with E-state index in [9.17, 15) is 19.8 Å². The lowest BCUT2D eigenvalue weighted by molar-refractivity contribution is -0.129. The standard InChI is InChI=1S/C29H27NO6/c1-35-24-15-9-20(18-25(24)36-2)16-17-30-27(21-10-12-22(31)13-11-21)26(28(33)29(30)34)23(32)14-8-19-6-4-3-5-7-19/h3-15,18,27,31,33H,16-17H2,1-2H3/b14-8+. The molecule has 4 rings (SSSR count). The average Bonchev–Trinajstić information content (AvgIpc) is 3.16. The lowest BCUT2D eigenvalue weighted by atomic mass is 9.95. The molecule has 1 amide bonds. The number of rotatable bonds is 9. The molecule has 0 fully saturated rings. The summed E-state index contributed by atoms with van der Waals surface area (Å²) < 4.78 is 10.7. The van der Waals surface area contributed by atoms with Crippen molar-refractivity contribution in [2.24, 2.45) is 0 Å². The first-order valence-corrected chi connectivity index (χ1v) is 11.4. The Balaban J connectivity index is 1.64. The summed E-state index contributed by atoms with van der Waals surface area (Å²) in [5.41, 5.74) is 2.33. The fourth-order valence-electron chi connectivity index (χ4n) is 4.25. The van der Waals surface area contributed by atoms with Gasteiger partial charge in [-0.1, -0.05) is 54.6 Å². The Morgan fingerprint density at radius 3 is 2.31 bits per heavy atom. The van der Waals surface area contributed by atoms with E-state index < -0.39 is 23.5 Å². The van der Waals surface area contributed by atoms with E-state index in [1.54, 1.807) is 38.5 Å². The molecule has 0 aromatic heterocycles. The fraction of sp³-hybridized carbons (Fsp3) is 0.172. The minimum Gasteiger partial charge on any atom is -0.508 e. The summed E-state index contributed by atoms with van der Waals surface area (Å²) in [6, 6.07) is 20.2. The monoisotopic (exact) mass is 485 g/mol. The van der Waals surface area contributed by atoms with Crippen LogP contribution in [0.1, 0.15) is 22.7 Å². The number of ether oxygens (including phenoxy) is 2. The summed E-state index contributed by atoms with van der Waals surface area (Å²) >= 11 is 0. The number of allylic oxidation sites excluding steroid dienone is 1. The number of ketones is 1. The Labute approximate surface area is 209 Å². The van der Waals surface area contributed by atoms with E-state index in [1.807, 2.05) is 42.5 Å². The van der Waals surface area contributed by atoms with Gasteiger partial charge in [-0.15, -0.1) is 0 Å². The van der Waals surface area contributed by atoms with Gasteiger partial charge in [0.1, 0.15) is 5.75 Å². The maximum absolute atomic E-state index is 13.2. The number of hydrogen-bond donors (Lipinski definition) is 2. The molecule has 0 spiro atoms. The SMILES string of the molecule is COc1ccc(CCN2C(=O)C(O)=C(C(=O)/C=C/c3ccccc3)C2c2ccc(O)cc2)cc1OC. The molecule has 7 nitrogen and oxygen atoms in total. The lowest BCUT2D eigenvalue weighted by Gasteiger charge is -2.27. The van der Waals surface area contributed by atoms with Gasteiger partial charge in [0.05, 0.1) is 25.8 Å². The Morgan fingerprint density at radius 2 is 1.64 bits per heavy atom. The van der Waals surface area contributed by atoms with Crippen LogP contribution in [0.3, 0.4) is 0 Å². The van der Waals surface area contributed by atoms with Crippen molar-refractivity contribution < 1.29 is 29.3 Å². The molecule has 2 N–H and O–H groups in total. The van der Waals surface area contributed by atoms with Gasteiger partial charge in [-0.25, -0.2) is 0 Å². The Hall–Kier alpha value is -4.52. The predicted molar refractivity (Wildman–Crippen MR) is 136 cm³/mol. The molecule has 36 heavy (non-hydrogen) atoms. The first kappa shape index (κ1) is 24.6. The second kappa shape index (κ2) is 10.8. The van der Waals surface area contributed by atoms with Gasteiger partial charge in [0.2, 0.25) is 0 Å². The zero-order chi connectivity index (χ0) is 25.7. The summed E-state index contributed by atoms with van der Waals surface area (Å²) in [5.74, 6) is -0.423. The molecule has 1 aliphatic rings. The number of nitrogens with zero attached hydrogens (tertiary/aromatic N) is 1. The lowest BCUT2D eigenvalue weighted by Crippen LogP contribution is -2.33. The van der Waals surface area contributed by atoms with Gasteiger partial charge in [0.15, 0.2) is 23.0 Å². The van der Waals surface area contributed by atoms with Crippen molar-refractivity contribution in [3.05, 3.63) is 107 Å². The van der Waals surface area contributed by atoms with Crippen LogP contribution in [0.4, 0.5) is 0 Å².